The van der Waals surface area contributed by atoms with Crippen LogP contribution in [0, 0.1) is 32.0 Å². The molecule has 0 amide bonds. The fourth-order valence-electron chi connectivity index (χ4n) is 11.1. The Balaban J connectivity index is 0.000000247. The van der Waals surface area contributed by atoms with Crippen molar-refractivity contribution in [3.05, 3.63) is 294 Å². The Morgan fingerprint density at radius 2 is 0.829 bits per heavy atom. The van der Waals surface area contributed by atoms with E-state index in [4.69, 9.17) is 25.3 Å². The van der Waals surface area contributed by atoms with E-state index in [2.05, 4.69) is 249 Å². The first-order valence-electron chi connectivity index (χ1n) is 33.8. The molecule has 3 radical (unpaired) electrons. The Hall–Kier alpha value is -7.65. The van der Waals surface area contributed by atoms with E-state index in [0.29, 0.717) is 40.8 Å². The van der Waals surface area contributed by atoms with Crippen LogP contribution in [0.3, 0.4) is 0 Å². The topological polar surface area (TPSA) is 151 Å². The van der Waals surface area contributed by atoms with Crippen molar-refractivity contribution in [2.24, 2.45) is 0 Å². The van der Waals surface area contributed by atoms with Crippen molar-refractivity contribution in [3.8, 4) is 74.9 Å². The number of nitrogens with zero attached hydrogens (tertiary/aromatic N) is 3. The number of rotatable bonds is 12. The van der Waals surface area contributed by atoms with Crippen LogP contribution in [0.1, 0.15) is 130 Å². The second-order valence-electron chi connectivity index (χ2n) is 26.5. The SMILES string of the molecule is CC(=O)C=C(C)O.CC(=O)C=C(C)O.CC(=O)C=C(C)O.CC(C)(C)c1ccc(-c2cc3cnc(-c4[c-]ccc(-c5ccccc5)c4)cc3[se]2)cc1.CC(C)c1cccc(C(C)C)c1-c1cc2cnc(-c3[c-]cccc3)cc2[se]1.Cc1[c-]c(-c2cc3[se]c(-c4ccccc4)cc3cn2)cc(C)c1.[Ir].[Ir].[Ir]. The summed E-state index contributed by atoms with van der Waals surface area (Å²) < 4.78 is 8.56. The van der Waals surface area contributed by atoms with E-state index in [1.807, 2.05) is 48.9 Å². The molecule has 0 aliphatic heterocycles. The van der Waals surface area contributed by atoms with Gasteiger partial charge >= 0.3 is 501 Å². The molecule has 6 aromatic heterocycles. The Labute approximate surface area is 678 Å². The largest absolute Gasteiger partial charge is 0 e. The van der Waals surface area contributed by atoms with Crippen LogP contribution in [0.25, 0.3) is 104 Å². The first kappa shape index (κ1) is 88.0. The molecule has 0 spiro atoms. The monoisotopic (exact) mass is 2130 g/mol. The van der Waals surface area contributed by atoms with Crippen LogP contribution in [0.5, 0.6) is 0 Å². The molecule has 0 saturated carbocycles. The molecule has 0 aliphatic carbocycles. The first-order valence-corrected chi connectivity index (χ1v) is 38.9. The Morgan fingerprint density at radius 3 is 1.24 bits per heavy atom. The number of aromatic nitrogens is 3. The Morgan fingerprint density at radius 1 is 0.419 bits per heavy atom. The summed E-state index contributed by atoms with van der Waals surface area (Å²) >= 11 is 0.928. The summed E-state index contributed by atoms with van der Waals surface area (Å²) in [5, 5.41) is 28.9. The smallest absolute Gasteiger partial charge is 0 e. The molecule has 15 heteroatoms. The van der Waals surface area contributed by atoms with E-state index in [1.165, 1.54) is 152 Å². The van der Waals surface area contributed by atoms with Gasteiger partial charge in [0.25, 0.3) is 0 Å². The van der Waals surface area contributed by atoms with Crippen molar-refractivity contribution in [2.45, 2.75) is 121 Å². The molecule has 9 nitrogen and oxygen atoms in total. The van der Waals surface area contributed by atoms with Gasteiger partial charge in [0, 0.05) is 78.5 Å². The predicted molar refractivity (Wildman–Crippen MR) is 428 cm³/mol. The third-order valence-corrected chi connectivity index (χ3v) is 22.9. The van der Waals surface area contributed by atoms with E-state index >= 15 is 0 Å². The van der Waals surface area contributed by atoms with Crippen molar-refractivity contribution >= 4 is 89.8 Å². The molecule has 0 bridgehead atoms. The first-order chi connectivity index (χ1) is 48.6. The molecule has 7 aromatic carbocycles. The van der Waals surface area contributed by atoms with Crippen molar-refractivity contribution in [1.29, 1.82) is 0 Å². The van der Waals surface area contributed by atoms with Crippen LogP contribution in [0.2, 0.25) is 0 Å². The minimum Gasteiger partial charge on any atom is 0 e. The molecule has 105 heavy (non-hydrogen) atoms. The molecular weight excluding hydrogens is 2030 g/mol. The number of fused-ring (bicyclic) bond motifs is 3. The number of ketones is 3. The van der Waals surface area contributed by atoms with Crippen molar-refractivity contribution < 1.29 is 90.0 Å². The second-order valence-corrected chi connectivity index (χ2v) is 33.4. The van der Waals surface area contributed by atoms with E-state index in [-0.39, 0.29) is 115 Å². The van der Waals surface area contributed by atoms with Crippen LogP contribution in [0.4, 0.5) is 0 Å². The van der Waals surface area contributed by atoms with Crippen LogP contribution in [-0.4, -0.2) is 91.1 Å². The molecular formula is C90H88Ir3N3O6Se3-3. The summed E-state index contributed by atoms with van der Waals surface area (Å²) in [6.45, 7) is 28.7. The number of aliphatic hydroxyl groups excluding tert-OH is 3. The molecule has 13 rings (SSSR count). The molecule has 0 unspecified atom stereocenters. The minimum atomic E-state index is -0.125. The number of aliphatic hydroxyl groups is 3. The van der Waals surface area contributed by atoms with Crippen molar-refractivity contribution in [3.63, 3.8) is 0 Å². The van der Waals surface area contributed by atoms with Gasteiger partial charge in [-0.25, -0.2) is 0 Å². The number of hydrogen-bond donors (Lipinski definition) is 3. The number of allylic oxidation sites excluding steroid dienone is 6. The molecule has 0 saturated heterocycles. The number of pyridine rings is 3. The van der Waals surface area contributed by atoms with Gasteiger partial charge in [0.05, 0.1) is 17.3 Å². The summed E-state index contributed by atoms with van der Waals surface area (Å²) in [5.74, 6) is 0.853. The third kappa shape index (κ3) is 26.7. The number of benzene rings is 7. The zero-order chi connectivity index (χ0) is 73.8. The van der Waals surface area contributed by atoms with Gasteiger partial charge in [-0.15, -0.1) is 0 Å². The zero-order valence-electron chi connectivity index (χ0n) is 61.7. The number of carbonyl (C=O) groups excluding carboxylic acids is 3. The second kappa shape index (κ2) is 42.0. The zero-order valence-corrected chi connectivity index (χ0v) is 74.1. The maximum atomic E-state index is 10.0. The summed E-state index contributed by atoms with van der Waals surface area (Å²) in [7, 11) is 0. The van der Waals surface area contributed by atoms with Crippen LogP contribution < -0.4 is 0 Å². The van der Waals surface area contributed by atoms with Crippen LogP contribution in [0.15, 0.2) is 248 Å². The molecule has 547 valence electrons. The fourth-order valence-corrected chi connectivity index (χ4v) is 18.1. The quantitative estimate of drug-likeness (QED) is 0.0470. The Kier molecular flexibility index (Phi) is 35.2. The average molecular weight is 2120 g/mol. The van der Waals surface area contributed by atoms with E-state index in [9.17, 15) is 14.4 Å². The molecule has 3 N–H and O–H groups in total. The molecule has 13 aromatic rings. The molecule has 0 atom stereocenters. The third-order valence-electron chi connectivity index (χ3n) is 15.7. The minimum absolute atomic E-state index is 0. The molecule has 0 aliphatic rings. The van der Waals surface area contributed by atoms with Gasteiger partial charge in [-0.3, -0.25) is 14.4 Å². The standard InChI is InChI=1S/C29H24NSe.C25H24NSe.C21H16NSe.3C5H8O2.3Ir/c1-29(2,3)25-14-12-21(13-15-25)27-17-24-19-30-26(18-28(24)31-27)23-11-7-10-22(16-23)20-8-5-4-6-9-20;1-16(2)20-11-8-12-21(17(3)4)25(20)24-13-19-15-26-22(14-23(19)27-24)18-9-6-5-7-10-18;1-14-8-15(2)10-17(9-14)19-12-21-18(13-22-19)11-20(23-21)16-6-4-3-5-7-16;3*1-4(6)3-5(2)7;;;/h4-10,12-19H,1-3H3;5-9,11-17H,1-4H3;3-9,11-13H,1-2H3;3*3,6H,1-2H3;;;/q3*-1;;;;;;. The number of hydrogen-bond acceptors (Lipinski definition) is 9. The summed E-state index contributed by atoms with van der Waals surface area (Å²) in [6.07, 6.45) is 9.56. The van der Waals surface area contributed by atoms with E-state index in [0.717, 1.165) is 39.3 Å². The van der Waals surface area contributed by atoms with Gasteiger partial charge in [-0.05, 0) is 41.5 Å². The maximum absolute atomic E-state index is 10.0. The molecule has 6 heterocycles. The van der Waals surface area contributed by atoms with Crippen molar-refractivity contribution in [1.82, 2.24) is 15.0 Å². The summed E-state index contributed by atoms with van der Waals surface area (Å²) in [4.78, 5) is 44.2. The number of aryl methyl sites for hydroxylation is 2. The van der Waals surface area contributed by atoms with E-state index in [1.54, 1.807) is 0 Å². The predicted octanol–water partition coefficient (Wildman–Crippen LogP) is 22.2. The molecule has 0 fully saturated rings. The van der Waals surface area contributed by atoms with Gasteiger partial charge in [-0.1, -0.05) is 0 Å². The fraction of sp³-hybridized carbons (Fsp3) is 0.200. The summed E-state index contributed by atoms with van der Waals surface area (Å²) in [6, 6.07) is 79.5. The summed E-state index contributed by atoms with van der Waals surface area (Å²) in [5.41, 5.74) is 19.7. The van der Waals surface area contributed by atoms with Crippen LogP contribution in [-0.2, 0) is 80.1 Å². The average Bonchev–Trinajstić information content (AvgIpc) is 1.66. The van der Waals surface area contributed by atoms with E-state index < -0.39 is 0 Å². The van der Waals surface area contributed by atoms with Crippen molar-refractivity contribution in [2.75, 3.05) is 0 Å². The Bertz CT molecular complexity index is 4980. The van der Waals surface area contributed by atoms with Gasteiger partial charge in [-0.2, -0.15) is 0 Å². The van der Waals surface area contributed by atoms with Gasteiger partial charge < -0.3 is 15.3 Å². The number of carbonyl (C=O) groups is 3. The van der Waals surface area contributed by atoms with Gasteiger partial charge in [0.15, 0.2) is 17.3 Å². The maximum Gasteiger partial charge on any atom is 0 e. The van der Waals surface area contributed by atoms with Gasteiger partial charge in [0.1, 0.15) is 0 Å². The van der Waals surface area contributed by atoms with Gasteiger partial charge in [0.2, 0.25) is 0 Å². The van der Waals surface area contributed by atoms with Crippen LogP contribution >= 0.6 is 0 Å². The normalized spacial score (nSPS) is 11.2.